The zero-order valence-electron chi connectivity index (χ0n) is 20.4. The fraction of sp³-hybridized carbons (Fsp3) is 0.462. The molecule has 0 atom stereocenters. The zero-order valence-corrected chi connectivity index (χ0v) is 20.4. The predicted octanol–water partition coefficient (Wildman–Crippen LogP) is 3.80. The standard InChI is InChI=1S/C26H34N6O2/c1-17(2)14-32-16-20(21-13-29-31(4)15-21)11-24(26(32)34)30-22-8-5-18(6-9-22)19-7-10-23(28-12-19)25(33)27-3/h7,10-13,15-18,22,30H,5-6,8-9,14H2,1-4H3,(H,27,33). The lowest BCUT2D eigenvalue weighted by Gasteiger charge is -2.30. The van der Waals surface area contributed by atoms with E-state index in [1.807, 2.05) is 48.5 Å². The Kier molecular flexibility index (Phi) is 7.14. The molecular formula is C26H34N6O2. The maximum Gasteiger partial charge on any atom is 0.273 e. The van der Waals surface area contributed by atoms with Crippen LogP contribution >= 0.6 is 0 Å². The van der Waals surface area contributed by atoms with Crippen LogP contribution in [0.5, 0.6) is 0 Å². The molecule has 2 N–H and O–H groups in total. The monoisotopic (exact) mass is 462 g/mol. The average molecular weight is 463 g/mol. The average Bonchev–Trinajstić information content (AvgIpc) is 3.27. The molecule has 8 heteroatoms. The van der Waals surface area contributed by atoms with Gasteiger partial charge in [0.05, 0.1) is 6.20 Å². The fourth-order valence-electron chi connectivity index (χ4n) is 4.70. The molecule has 8 nitrogen and oxygen atoms in total. The number of nitrogens with zero attached hydrogens (tertiary/aromatic N) is 4. The smallest absolute Gasteiger partial charge is 0.273 e. The second-order valence-corrected chi connectivity index (χ2v) is 9.65. The van der Waals surface area contributed by atoms with Crippen molar-refractivity contribution in [1.29, 1.82) is 0 Å². The third-order valence-corrected chi connectivity index (χ3v) is 6.49. The summed E-state index contributed by atoms with van der Waals surface area (Å²) in [5.41, 5.74) is 4.28. The van der Waals surface area contributed by atoms with E-state index >= 15 is 0 Å². The first-order valence-corrected chi connectivity index (χ1v) is 12.0. The number of aryl methyl sites for hydroxylation is 1. The molecule has 0 radical (unpaired) electrons. The molecule has 0 spiro atoms. The van der Waals surface area contributed by atoms with Crippen LogP contribution in [-0.2, 0) is 13.6 Å². The fourth-order valence-corrected chi connectivity index (χ4v) is 4.70. The van der Waals surface area contributed by atoms with Gasteiger partial charge in [-0.25, -0.2) is 0 Å². The Morgan fingerprint density at radius 2 is 1.88 bits per heavy atom. The molecule has 1 aliphatic rings. The summed E-state index contributed by atoms with van der Waals surface area (Å²) >= 11 is 0. The molecule has 0 saturated heterocycles. The highest BCUT2D eigenvalue weighted by molar-refractivity contribution is 5.91. The van der Waals surface area contributed by atoms with Gasteiger partial charge in [-0.05, 0) is 55.2 Å². The molecule has 3 aromatic rings. The molecule has 0 bridgehead atoms. The summed E-state index contributed by atoms with van der Waals surface area (Å²) in [5.74, 6) is 0.619. The largest absolute Gasteiger partial charge is 0.378 e. The molecule has 180 valence electrons. The van der Waals surface area contributed by atoms with Crippen LogP contribution in [0.4, 0.5) is 5.69 Å². The number of hydrogen-bond acceptors (Lipinski definition) is 5. The lowest BCUT2D eigenvalue weighted by atomic mass is 9.82. The quantitative estimate of drug-likeness (QED) is 0.557. The topological polar surface area (TPSA) is 93.8 Å². The molecule has 1 aliphatic carbocycles. The molecule has 34 heavy (non-hydrogen) atoms. The Bertz CT molecular complexity index is 1190. The minimum Gasteiger partial charge on any atom is -0.378 e. The van der Waals surface area contributed by atoms with Crippen molar-refractivity contribution in [3.8, 4) is 11.1 Å². The number of carbonyl (C=O) groups is 1. The first-order valence-electron chi connectivity index (χ1n) is 12.0. The van der Waals surface area contributed by atoms with Gasteiger partial charge in [-0.2, -0.15) is 5.10 Å². The Balaban J connectivity index is 1.47. The van der Waals surface area contributed by atoms with Gasteiger partial charge < -0.3 is 15.2 Å². The molecule has 1 saturated carbocycles. The van der Waals surface area contributed by atoms with Gasteiger partial charge in [0.15, 0.2) is 0 Å². The van der Waals surface area contributed by atoms with E-state index in [0.717, 1.165) is 36.8 Å². The van der Waals surface area contributed by atoms with E-state index in [2.05, 4.69) is 34.6 Å². The normalized spacial score (nSPS) is 18.1. The minimum absolute atomic E-state index is 0.0254. The van der Waals surface area contributed by atoms with E-state index < -0.39 is 0 Å². The SMILES string of the molecule is CNC(=O)c1ccc(C2CCC(Nc3cc(-c4cnn(C)c4)cn(CC(C)C)c3=O)CC2)cn1. The van der Waals surface area contributed by atoms with Crippen molar-refractivity contribution in [3.63, 3.8) is 0 Å². The van der Waals surface area contributed by atoms with Crippen molar-refractivity contribution in [1.82, 2.24) is 24.6 Å². The van der Waals surface area contributed by atoms with Crippen LogP contribution in [0.25, 0.3) is 11.1 Å². The highest BCUT2D eigenvalue weighted by atomic mass is 16.1. The summed E-state index contributed by atoms with van der Waals surface area (Å²) < 4.78 is 3.60. The minimum atomic E-state index is -0.170. The van der Waals surface area contributed by atoms with Gasteiger partial charge in [-0.3, -0.25) is 19.3 Å². The Hall–Kier alpha value is -3.42. The van der Waals surface area contributed by atoms with Crippen LogP contribution in [0.1, 0.15) is 61.5 Å². The molecule has 0 aromatic carbocycles. The van der Waals surface area contributed by atoms with E-state index in [4.69, 9.17) is 0 Å². The highest BCUT2D eigenvalue weighted by Gasteiger charge is 2.24. The van der Waals surface area contributed by atoms with E-state index in [-0.39, 0.29) is 17.5 Å². The van der Waals surface area contributed by atoms with Crippen LogP contribution < -0.4 is 16.2 Å². The van der Waals surface area contributed by atoms with Gasteiger partial charge in [0.1, 0.15) is 11.4 Å². The second-order valence-electron chi connectivity index (χ2n) is 9.65. The molecule has 0 unspecified atom stereocenters. The third kappa shape index (κ3) is 5.38. The molecule has 0 aliphatic heterocycles. The van der Waals surface area contributed by atoms with Crippen molar-refractivity contribution in [2.45, 2.75) is 58.0 Å². The number of carbonyl (C=O) groups excluding carboxylic acids is 1. The summed E-state index contributed by atoms with van der Waals surface area (Å²) in [7, 11) is 3.50. The summed E-state index contributed by atoms with van der Waals surface area (Å²) in [6.07, 6.45) is 11.5. The Labute approximate surface area is 200 Å². The van der Waals surface area contributed by atoms with Crippen LogP contribution in [0, 0.1) is 5.92 Å². The number of hydrogen-bond donors (Lipinski definition) is 2. The summed E-state index contributed by atoms with van der Waals surface area (Å²) in [5, 5.41) is 10.4. The molecule has 4 rings (SSSR count). The summed E-state index contributed by atoms with van der Waals surface area (Å²) in [4.78, 5) is 29.3. The number of aromatic nitrogens is 4. The van der Waals surface area contributed by atoms with E-state index in [1.54, 1.807) is 17.8 Å². The van der Waals surface area contributed by atoms with E-state index in [9.17, 15) is 9.59 Å². The molecule has 3 heterocycles. The molecule has 1 amide bonds. The Morgan fingerprint density at radius 1 is 1.12 bits per heavy atom. The Morgan fingerprint density at radius 3 is 2.47 bits per heavy atom. The third-order valence-electron chi connectivity index (χ3n) is 6.49. The van der Waals surface area contributed by atoms with Crippen LogP contribution in [-0.4, -0.2) is 38.3 Å². The number of nitrogens with one attached hydrogen (secondary N) is 2. The first kappa shape index (κ1) is 23.7. The van der Waals surface area contributed by atoms with Crippen molar-refractivity contribution in [2.75, 3.05) is 12.4 Å². The zero-order chi connectivity index (χ0) is 24.2. The molecular weight excluding hydrogens is 428 g/mol. The van der Waals surface area contributed by atoms with E-state index in [0.29, 0.717) is 29.8 Å². The van der Waals surface area contributed by atoms with Crippen LogP contribution in [0.3, 0.4) is 0 Å². The van der Waals surface area contributed by atoms with Gasteiger partial charge in [-0.1, -0.05) is 19.9 Å². The maximum absolute atomic E-state index is 13.2. The van der Waals surface area contributed by atoms with Crippen molar-refractivity contribution < 1.29 is 4.79 Å². The van der Waals surface area contributed by atoms with Gasteiger partial charge in [0, 0.05) is 56.4 Å². The first-order chi connectivity index (χ1) is 16.3. The van der Waals surface area contributed by atoms with Gasteiger partial charge in [0.25, 0.3) is 11.5 Å². The summed E-state index contributed by atoms with van der Waals surface area (Å²) in [6.45, 7) is 4.91. The molecule has 3 aromatic heterocycles. The lowest BCUT2D eigenvalue weighted by Crippen LogP contribution is -2.31. The number of amides is 1. The molecule has 1 fully saturated rings. The maximum atomic E-state index is 13.2. The van der Waals surface area contributed by atoms with Crippen molar-refractivity contribution in [2.24, 2.45) is 13.0 Å². The van der Waals surface area contributed by atoms with Gasteiger partial charge in [-0.15, -0.1) is 0 Å². The van der Waals surface area contributed by atoms with Gasteiger partial charge >= 0.3 is 0 Å². The van der Waals surface area contributed by atoms with E-state index in [1.165, 1.54) is 5.56 Å². The predicted molar refractivity (Wildman–Crippen MR) is 134 cm³/mol. The van der Waals surface area contributed by atoms with Crippen LogP contribution in [0.2, 0.25) is 0 Å². The lowest BCUT2D eigenvalue weighted by molar-refractivity contribution is 0.0958. The number of anilines is 1. The van der Waals surface area contributed by atoms with Gasteiger partial charge in [0.2, 0.25) is 0 Å². The number of rotatable bonds is 7. The van der Waals surface area contributed by atoms with Crippen molar-refractivity contribution in [3.05, 3.63) is 64.6 Å². The van der Waals surface area contributed by atoms with Crippen LogP contribution in [0.15, 0.2) is 47.8 Å². The second kappa shape index (κ2) is 10.2. The number of pyridine rings is 2. The van der Waals surface area contributed by atoms with Crippen molar-refractivity contribution >= 4 is 11.6 Å². The summed E-state index contributed by atoms with van der Waals surface area (Å²) in [6, 6.07) is 6.01. The highest BCUT2D eigenvalue weighted by Crippen LogP contribution is 2.34.